The summed E-state index contributed by atoms with van der Waals surface area (Å²) < 4.78 is 69.8. The fraction of sp³-hybridized carbons (Fsp3) is 0.565. The van der Waals surface area contributed by atoms with Crippen LogP contribution in [0.2, 0.25) is 0 Å². The lowest BCUT2D eigenvalue weighted by molar-refractivity contribution is -0.142. The molecule has 0 saturated carbocycles. The molecule has 19 heteroatoms. The van der Waals surface area contributed by atoms with Gasteiger partial charge in [0.15, 0.2) is 19.7 Å². The zero-order valence-corrected chi connectivity index (χ0v) is 42.3. The number of halogens is 1. The molecule has 2 aliphatic heterocycles. The van der Waals surface area contributed by atoms with Gasteiger partial charge in [0, 0.05) is 91.3 Å². The van der Waals surface area contributed by atoms with Crippen LogP contribution in [0.3, 0.4) is 0 Å². The molecule has 4 aromatic rings. The Bertz CT molecular complexity index is 2670. The molecular formula is C46H65ClN4O12S2. The van der Waals surface area contributed by atoms with Gasteiger partial charge in [-0.25, -0.2) is 26.4 Å². The Balaban J connectivity index is 0.000000264. The maximum atomic E-state index is 12.9. The van der Waals surface area contributed by atoms with E-state index in [1.54, 1.807) is 34.1 Å². The molecule has 0 saturated heterocycles. The van der Waals surface area contributed by atoms with Crippen molar-refractivity contribution in [1.29, 1.82) is 0 Å². The monoisotopic (exact) mass is 964 g/mol. The third-order valence-electron chi connectivity index (χ3n) is 10.6. The predicted octanol–water partition coefficient (Wildman–Crippen LogP) is 8.31. The number of hydrogen-bond donors (Lipinski definition) is 1. The lowest BCUT2D eigenvalue weighted by atomic mass is 9.97. The fourth-order valence-corrected chi connectivity index (χ4v) is 10.1. The van der Waals surface area contributed by atoms with Crippen molar-refractivity contribution in [3.05, 3.63) is 58.9 Å². The number of carbonyl (C=O) groups excluding carboxylic acids is 4. The Labute approximate surface area is 387 Å². The van der Waals surface area contributed by atoms with Crippen molar-refractivity contribution in [2.75, 3.05) is 25.6 Å². The van der Waals surface area contributed by atoms with Crippen LogP contribution in [0, 0.1) is 11.8 Å². The van der Waals surface area contributed by atoms with E-state index in [2.05, 4.69) is 34.6 Å². The molecule has 0 aliphatic carbocycles. The number of aliphatic hydroxyl groups is 1. The minimum atomic E-state index is -3.54. The molecule has 4 heterocycles. The summed E-state index contributed by atoms with van der Waals surface area (Å²) in [6, 6.07) is 10.3. The van der Waals surface area contributed by atoms with E-state index in [0.717, 1.165) is 45.7 Å². The maximum absolute atomic E-state index is 12.9. The summed E-state index contributed by atoms with van der Waals surface area (Å²) in [5, 5.41) is 11.0. The van der Waals surface area contributed by atoms with Crippen LogP contribution in [0.15, 0.2) is 46.2 Å². The first kappa shape index (κ1) is 53.0. The van der Waals surface area contributed by atoms with Crippen LogP contribution < -0.4 is 0 Å². The SMILES string of the molecule is CC(=O)Cl.CC(=O)OCc1cc2cc3n(c2cc1S(C)(=O)=O)CCN(C(=O)OC(C)(C)C)[C@@H]3C(C)C.CC(C)[C@@H]1c2cc3cc(CO)c(S(C)(=O)=O)cc3n2CCN1C(=O)OC(C)(C)C. The Hall–Kier alpha value is -4.65. The molecule has 2 aromatic carbocycles. The highest BCUT2D eigenvalue weighted by atomic mass is 35.5. The van der Waals surface area contributed by atoms with Gasteiger partial charge in [0.1, 0.15) is 17.8 Å². The van der Waals surface area contributed by atoms with Gasteiger partial charge in [-0.3, -0.25) is 19.4 Å². The highest BCUT2D eigenvalue weighted by Gasteiger charge is 2.38. The van der Waals surface area contributed by atoms with Crippen molar-refractivity contribution < 1.29 is 55.3 Å². The van der Waals surface area contributed by atoms with E-state index in [0.29, 0.717) is 37.3 Å². The third-order valence-corrected chi connectivity index (χ3v) is 12.9. The Kier molecular flexibility index (Phi) is 16.4. The van der Waals surface area contributed by atoms with Gasteiger partial charge in [0.2, 0.25) is 5.24 Å². The smallest absolute Gasteiger partial charge is 0.410 e. The van der Waals surface area contributed by atoms with Crippen LogP contribution in [-0.4, -0.2) is 101 Å². The Morgan fingerprint density at radius 1 is 0.662 bits per heavy atom. The summed E-state index contributed by atoms with van der Waals surface area (Å²) in [5.41, 5.74) is 3.09. The van der Waals surface area contributed by atoms with E-state index in [-0.39, 0.29) is 64.4 Å². The van der Waals surface area contributed by atoms with E-state index in [1.807, 2.05) is 67.5 Å². The molecule has 65 heavy (non-hydrogen) atoms. The average Bonchev–Trinajstić information content (AvgIpc) is 3.70. The zero-order chi connectivity index (χ0) is 49.3. The van der Waals surface area contributed by atoms with Gasteiger partial charge in [-0.1, -0.05) is 27.7 Å². The van der Waals surface area contributed by atoms with Gasteiger partial charge >= 0.3 is 18.2 Å². The quantitative estimate of drug-likeness (QED) is 0.106. The lowest BCUT2D eigenvalue weighted by Crippen LogP contribution is -2.46. The van der Waals surface area contributed by atoms with Crippen molar-refractivity contribution >= 4 is 76.5 Å². The molecule has 6 rings (SSSR count). The van der Waals surface area contributed by atoms with Gasteiger partial charge in [0.25, 0.3) is 0 Å². The number of nitrogens with zero attached hydrogens (tertiary/aromatic N) is 4. The number of fused-ring (bicyclic) bond motifs is 6. The number of aliphatic hydroxyl groups excluding tert-OH is 1. The van der Waals surface area contributed by atoms with E-state index in [1.165, 1.54) is 13.8 Å². The number of rotatable bonds is 7. The van der Waals surface area contributed by atoms with Gasteiger partial charge < -0.3 is 28.5 Å². The summed E-state index contributed by atoms with van der Waals surface area (Å²) in [6.45, 7) is 23.4. The molecule has 360 valence electrons. The number of ether oxygens (including phenoxy) is 3. The fourth-order valence-electron chi connectivity index (χ4n) is 8.28. The van der Waals surface area contributed by atoms with Crippen LogP contribution in [0.4, 0.5) is 9.59 Å². The molecule has 1 N–H and O–H groups in total. The predicted molar refractivity (Wildman–Crippen MR) is 249 cm³/mol. The Morgan fingerprint density at radius 2 is 1.02 bits per heavy atom. The average molecular weight is 966 g/mol. The zero-order valence-electron chi connectivity index (χ0n) is 39.9. The molecule has 2 amide bonds. The molecule has 16 nitrogen and oxygen atoms in total. The number of amides is 2. The van der Waals surface area contributed by atoms with Crippen molar-refractivity contribution in [2.24, 2.45) is 11.8 Å². The summed E-state index contributed by atoms with van der Waals surface area (Å²) in [5.74, 6) is -0.230. The lowest BCUT2D eigenvalue weighted by Gasteiger charge is -2.40. The molecule has 0 spiro atoms. The molecule has 2 atom stereocenters. The molecular weight excluding hydrogens is 900 g/mol. The van der Waals surface area contributed by atoms with E-state index in [9.17, 15) is 41.1 Å². The molecule has 0 bridgehead atoms. The molecule has 0 unspecified atom stereocenters. The molecule has 2 aromatic heterocycles. The summed E-state index contributed by atoms with van der Waals surface area (Å²) in [6.07, 6.45) is 1.59. The number of sulfone groups is 2. The van der Waals surface area contributed by atoms with Crippen LogP contribution in [0.5, 0.6) is 0 Å². The number of benzene rings is 2. The van der Waals surface area contributed by atoms with E-state index in [4.69, 9.17) is 14.2 Å². The minimum absolute atomic E-state index is 0.112. The normalized spacial score (nSPS) is 16.6. The summed E-state index contributed by atoms with van der Waals surface area (Å²) in [4.78, 5) is 50.0. The standard InChI is InChI=1S/C23H32N2O6S.C21H30N2O5S.C2H3ClO/c1-14(2)21-19-11-16-10-17(13-30-15(3)26)20(32(7,28)29)12-18(16)24(19)8-9-25(21)22(27)31-23(4,5)6;1-13(2)19-17-10-14-9-15(12-24)18(29(6,26)27)11-16(14)22(17)7-8-23(19)20(25)28-21(3,4)5;1-2(3)4/h10-12,14,21H,8-9,13H2,1-7H3;9-11,13,19,24H,7-8,12H2,1-6H3;1H3/t21-;19-;/m11./s1. The first-order valence-electron chi connectivity index (χ1n) is 21.4. The van der Waals surface area contributed by atoms with Gasteiger partial charge in [-0.2, -0.15) is 0 Å². The van der Waals surface area contributed by atoms with E-state index >= 15 is 0 Å². The summed E-state index contributed by atoms with van der Waals surface area (Å²) >= 11 is 4.64. The van der Waals surface area contributed by atoms with Gasteiger partial charge in [-0.15, -0.1) is 0 Å². The van der Waals surface area contributed by atoms with Gasteiger partial charge in [0.05, 0.1) is 28.5 Å². The number of carbonyl (C=O) groups is 4. The minimum Gasteiger partial charge on any atom is -0.461 e. The van der Waals surface area contributed by atoms with Crippen LogP contribution >= 0.6 is 11.6 Å². The van der Waals surface area contributed by atoms with Gasteiger partial charge in [-0.05, 0) is 107 Å². The number of esters is 1. The second-order valence-corrected chi connectivity index (χ2v) is 23.7. The number of aromatic nitrogens is 2. The van der Waals surface area contributed by atoms with Crippen molar-refractivity contribution in [2.45, 2.75) is 142 Å². The van der Waals surface area contributed by atoms with Crippen molar-refractivity contribution in [3.63, 3.8) is 0 Å². The largest absolute Gasteiger partial charge is 0.461 e. The van der Waals surface area contributed by atoms with Crippen LogP contribution in [0.25, 0.3) is 21.8 Å². The third kappa shape index (κ3) is 13.0. The second kappa shape index (κ2) is 20.1. The maximum Gasteiger partial charge on any atom is 0.410 e. The molecule has 0 fully saturated rings. The van der Waals surface area contributed by atoms with Crippen LogP contribution in [0.1, 0.15) is 118 Å². The number of hydrogen-bond acceptors (Lipinski definition) is 12. The first-order valence-corrected chi connectivity index (χ1v) is 25.5. The van der Waals surface area contributed by atoms with Crippen molar-refractivity contribution in [3.8, 4) is 0 Å². The van der Waals surface area contributed by atoms with Crippen LogP contribution in [-0.2, 0) is 69.8 Å². The highest BCUT2D eigenvalue weighted by molar-refractivity contribution is 7.91. The first-order chi connectivity index (χ1) is 29.7. The second-order valence-electron chi connectivity index (χ2n) is 19.2. The highest BCUT2D eigenvalue weighted by Crippen LogP contribution is 2.40. The molecule has 0 radical (unpaired) electrons. The van der Waals surface area contributed by atoms with E-state index < -0.39 is 36.8 Å². The summed E-state index contributed by atoms with van der Waals surface area (Å²) in [7, 11) is -7.01. The topological polar surface area (TPSA) is 201 Å². The molecule has 2 aliphatic rings. The van der Waals surface area contributed by atoms with Crippen molar-refractivity contribution in [1.82, 2.24) is 18.9 Å². The Morgan fingerprint density at radius 3 is 1.32 bits per heavy atom.